The van der Waals surface area contributed by atoms with Gasteiger partial charge in [-0.25, -0.2) is 0 Å². The summed E-state index contributed by atoms with van der Waals surface area (Å²) in [5, 5.41) is 0. The lowest BCUT2D eigenvalue weighted by atomic mass is 10.2. The molecule has 0 radical (unpaired) electrons. The first kappa shape index (κ1) is 7.54. The molecule has 0 N–H and O–H groups in total. The first-order valence-corrected chi connectivity index (χ1v) is 3.21. The average Bonchev–Trinajstić information content (AvgIpc) is 2.07. The molecule has 0 spiro atoms. The highest BCUT2D eigenvalue weighted by Gasteiger charge is 1.95. The molecule has 0 fully saturated rings. The standard InChI is InChI=1S/C9H9NO/c1-3-11-8(2)9-5-4-6-10-7-9/h3-7H,1-2H2. The van der Waals surface area contributed by atoms with Crippen molar-refractivity contribution in [2.24, 2.45) is 0 Å². The molecule has 1 aromatic heterocycles. The molecule has 1 aromatic rings. The van der Waals surface area contributed by atoms with Gasteiger partial charge in [0.1, 0.15) is 5.76 Å². The molecule has 0 aliphatic heterocycles. The molecule has 2 heteroatoms. The molecular formula is C9H9NO. The predicted octanol–water partition coefficient (Wildman–Crippen LogP) is 2.21. The van der Waals surface area contributed by atoms with E-state index in [0.29, 0.717) is 5.76 Å². The van der Waals surface area contributed by atoms with Crippen molar-refractivity contribution in [3.63, 3.8) is 0 Å². The third-order valence-electron chi connectivity index (χ3n) is 1.21. The van der Waals surface area contributed by atoms with Crippen molar-refractivity contribution >= 4 is 5.76 Å². The SMILES string of the molecule is C=COC(=C)c1cccnc1. The van der Waals surface area contributed by atoms with Gasteiger partial charge in [0.2, 0.25) is 0 Å². The Morgan fingerprint density at radius 1 is 1.64 bits per heavy atom. The van der Waals surface area contributed by atoms with Crippen LogP contribution in [-0.2, 0) is 4.74 Å². The van der Waals surface area contributed by atoms with Gasteiger partial charge in [0.15, 0.2) is 0 Å². The van der Waals surface area contributed by atoms with Gasteiger partial charge in [-0.3, -0.25) is 4.98 Å². The minimum Gasteiger partial charge on any atom is -0.466 e. The zero-order chi connectivity index (χ0) is 8.10. The summed E-state index contributed by atoms with van der Waals surface area (Å²) in [5.74, 6) is 0.563. The van der Waals surface area contributed by atoms with E-state index in [9.17, 15) is 0 Å². The van der Waals surface area contributed by atoms with Gasteiger partial charge in [-0.15, -0.1) is 0 Å². The van der Waals surface area contributed by atoms with Gasteiger partial charge in [0.05, 0.1) is 6.26 Å². The third kappa shape index (κ3) is 1.93. The molecule has 0 aliphatic carbocycles. The Morgan fingerprint density at radius 2 is 2.45 bits per heavy atom. The number of hydrogen-bond donors (Lipinski definition) is 0. The summed E-state index contributed by atoms with van der Waals surface area (Å²) in [6, 6.07) is 3.70. The van der Waals surface area contributed by atoms with Crippen molar-refractivity contribution in [1.82, 2.24) is 4.98 Å². The Kier molecular flexibility index (Phi) is 2.44. The van der Waals surface area contributed by atoms with Crippen molar-refractivity contribution in [2.45, 2.75) is 0 Å². The zero-order valence-corrected chi connectivity index (χ0v) is 6.16. The molecule has 0 aromatic carbocycles. The largest absolute Gasteiger partial charge is 0.466 e. The van der Waals surface area contributed by atoms with Gasteiger partial charge in [0.25, 0.3) is 0 Å². The summed E-state index contributed by atoms with van der Waals surface area (Å²) in [6.07, 6.45) is 4.73. The molecular weight excluding hydrogens is 138 g/mol. The number of aromatic nitrogens is 1. The fraction of sp³-hybridized carbons (Fsp3) is 0. The van der Waals surface area contributed by atoms with E-state index in [1.54, 1.807) is 12.4 Å². The molecule has 0 unspecified atom stereocenters. The highest BCUT2D eigenvalue weighted by molar-refractivity contribution is 5.56. The number of pyridine rings is 1. The van der Waals surface area contributed by atoms with E-state index in [1.807, 2.05) is 12.1 Å². The highest BCUT2D eigenvalue weighted by Crippen LogP contribution is 2.10. The molecule has 0 atom stereocenters. The van der Waals surface area contributed by atoms with E-state index >= 15 is 0 Å². The molecule has 0 saturated heterocycles. The number of hydrogen-bond acceptors (Lipinski definition) is 2. The fourth-order valence-corrected chi connectivity index (χ4v) is 0.696. The maximum absolute atomic E-state index is 4.96. The third-order valence-corrected chi connectivity index (χ3v) is 1.21. The maximum Gasteiger partial charge on any atom is 0.128 e. The van der Waals surface area contributed by atoms with Gasteiger partial charge >= 0.3 is 0 Å². The molecule has 56 valence electrons. The first-order chi connectivity index (χ1) is 5.34. The predicted molar refractivity (Wildman–Crippen MR) is 44.6 cm³/mol. The molecule has 0 aliphatic rings. The number of rotatable bonds is 3. The molecule has 0 bridgehead atoms. The van der Waals surface area contributed by atoms with E-state index in [1.165, 1.54) is 6.26 Å². The van der Waals surface area contributed by atoms with E-state index < -0.39 is 0 Å². The average molecular weight is 147 g/mol. The lowest BCUT2D eigenvalue weighted by molar-refractivity contribution is 0.440. The quantitative estimate of drug-likeness (QED) is 0.611. The molecule has 0 amide bonds. The van der Waals surface area contributed by atoms with Crippen molar-refractivity contribution in [3.05, 3.63) is 49.5 Å². The maximum atomic E-state index is 4.96. The molecule has 2 nitrogen and oxygen atoms in total. The summed E-state index contributed by atoms with van der Waals surface area (Å²) < 4.78 is 4.96. The topological polar surface area (TPSA) is 22.1 Å². The fourth-order valence-electron chi connectivity index (χ4n) is 0.696. The first-order valence-electron chi connectivity index (χ1n) is 3.21. The van der Waals surface area contributed by atoms with Gasteiger partial charge in [-0.2, -0.15) is 0 Å². The van der Waals surface area contributed by atoms with E-state index in [-0.39, 0.29) is 0 Å². The van der Waals surface area contributed by atoms with Crippen LogP contribution in [0, 0.1) is 0 Å². The van der Waals surface area contributed by atoms with Crippen LogP contribution in [0.3, 0.4) is 0 Å². The van der Waals surface area contributed by atoms with Crippen LogP contribution in [-0.4, -0.2) is 4.98 Å². The monoisotopic (exact) mass is 147 g/mol. The lowest BCUT2D eigenvalue weighted by Gasteiger charge is -2.01. The second-order valence-electron chi connectivity index (χ2n) is 1.95. The smallest absolute Gasteiger partial charge is 0.128 e. The summed E-state index contributed by atoms with van der Waals surface area (Å²) in [5.41, 5.74) is 0.868. The lowest BCUT2D eigenvalue weighted by Crippen LogP contribution is -1.84. The van der Waals surface area contributed by atoms with Crippen LogP contribution in [0.25, 0.3) is 5.76 Å². The molecule has 1 heterocycles. The van der Waals surface area contributed by atoms with Crippen molar-refractivity contribution < 1.29 is 4.74 Å². The Hall–Kier alpha value is -1.57. The summed E-state index contributed by atoms with van der Waals surface area (Å²) >= 11 is 0. The van der Waals surface area contributed by atoms with Gasteiger partial charge in [0, 0.05) is 18.0 Å². The summed E-state index contributed by atoms with van der Waals surface area (Å²) in [6.45, 7) is 7.10. The number of ether oxygens (including phenoxy) is 1. The van der Waals surface area contributed by atoms with Crippen molar-refractivity contribution in [1.29, 1.82) is 0 Å². The van der Waals surface area contributed by atoms with Crippen LogP contribution in [0.4, 0.5) is 0 Å². The van der Waals surface area contributed by atoms with E-state index in [0.717, 1.165) is 5.56 Å². The summed E-state index contributed by atoms with van der Waals surface area (Å²) in [4.78, 5) is 3.91. The van der Waals surface area contributed by atoms with E-state index in [4.69, 9.17) is 4.74 Å². The Labute approximate surface area is 65.8 Å². The van der Waals surface area contributed by atoms with Gasteiger partial charge in [-0.05, 0) is 12.1 Å². The molecule has 1 rings (SSSR count). The van der Waals surface area contributed by atoms with Crippen molar-refractivity contribution in [3.8, 4) is 0 Å². The van der Waals surface area contributed by atoms with Gasteiger partial charge in [-0.1, -0.05) is 13.2 Å². The second-order valence-corrected chi connectivity index (χ2v) is 1.95. The van der Waals surface area contributed by atoms with Gasteiger partial charge < -0.3 is 4.74 Å². The Morgan fingerprint density at radius 3 is 3.00 bits per heavy atom. The van der Waals surface area contributed by atoms with Crippen LogP contribution >= 0.6 is 0 Å². The summed E-state index contributed by atoms with van der Waals surface area (Å²) in [7, 11) is 0. The second kappa shape index (κ2) is 3.56. The Balaban J connectivity index is 2.77. The molecule has 11 heavy (non-hydrogen) atoms. The Bertz CT molecular complexity index is 254. The normalized spacial score (nSPS) is 8.73. The van der Waals surface area contributed by atoms with Crippen LogP contribution in [0.15, 0.2) is 43.9 Å². The number of nitrogens with zero attached hydrogens (tertiary/aromatic N) is 1. The molecule has 0 saturated carbocycles. The van der Waals surface area contributed by atoms with Crippen LogP contribution in [0.2, 0.25) is 0 Å². The minimum atomic E-state index is 0.563. The van der Waals surface area contributed by atoms with Crippen LogP contribution in [0.1, 0.15) is 5.56 Å². The van der Waals surface area contributed by atoms with Crippen LogP contribution < -0.4 is 0 Å². The van der Waals surface area contributed by atoms with Crippen LogP contribution in [0.5, 0.6) is 0 Å². The minimum absolute atomic E-state index is 0.563. The highest BCUT2D eigenvalue weighted by atomic mass is 16.5. The van der Waals surface area contributed by atoms with E-state index in [2.05, 4.69) is 18.1 Å². The zero-order valence-electron chi connectivity index (χ0n) is 6.16. The van der Waals surface area contributed by atoms with Crippen molar-refractivity contribution in [2.75, 3.05) is 0 Å².